The molecule has 1 unspecified atom stereocenters. The Morgan fingerprint density at radius 1 is 1.19 bits per heavy atom. The molecular formula is C17H11ClF2INO9S. The van der Waals surface area contributed by atoms with Crippen molar-refractivity contribution in [2.45, 2.75) is 18.3 Å². The van der Waals surface area contributed by atoms with E-state index in [-0.39, 0.29) is 10.6 Å². The number of carbonyl (C=O) groups is 2. The summed E-state index contributed by atoms with van der Waals surface area (Å²) in [5.41, 5.74) is -1.86. The SMILES string of the molecule is CC(OC(=O)c1cc(OC(=O)c2cc(I)ccc2Cl)ccc1[N+](=O)[O-])C(F)(F)S(=O)(=O)O. The van der Waals surface area contributed by atoms with Crippen LogP contribution in [0.25, 0.3) is 0 Å². The van der Waals surface area contributed by atoms with Gasteiger partial charge in [0, 0.05) is 15.7 Å². The molecule has 0 radical (unpaired) electrons. The van der Waals surface area contributed by atoms with Gasteiger partial charge in [0.1, 0.15) is 11.3 Å². The van der Waals surface area contributed by atoms with E-state index in [4.69, 9.17) is 20.9 Å². The highest BCUT2D eigenvalue weighted by atomic mass is 127. The second kappa shape index (κ2) is 9.60. The number of ether oxygens (including phenoxy) is 2. The fourth-order valence-corrected chi connectivity index (χ4v) is 3.37. The van der Waals surface area contributed by atoms with Crippen LogP contribution >= 0.6 is 34.2 Å². The van der Waals surface area contributed by atoms with Gasteiger partial charge in [0.2, 0.25) is 0 Å². The fourth-order valence-electron chi connectivity index (χ4n) is 2.22. The van der Waals surface area contributed by atoms with Crippen molar-refractivity contribution in [3.05, 3.63) is 66.2 Å². The van der Waals surface area contributed by atoms with E-state index in [0.29, 0.717) is 16.6 Å². The van der Waals surface area contributed by atoms with E-state index in [0.717, 1.165) is 12.1 Å². The van der Waals surface area contributed by atoms with Crippen molar-refractivity contribution in [2.75, 3.05) is 0 Å². The Labute approximate surface area is 197 Å². The number of nitro benzene ring substituents is 1. The maximum Gasteiger partial charge on any atom is 0.405 e. The molecule has 0 aliphatic heterocycles. The summed E-state index contributed by atoms with van der Waals surface area (Å²) in [6.45, 7) is 0.459. The molecule has 0 bridgehead atoms. The number of halogens is 4. The van der Waals surface area contributed by atoms with Gasteiger partial charge in [-0.2, -0.15) is 17.2 Å². The Kier molecular flexibility index (Phi) is 7.75. The van der Waals surface area contributed by atoms with Crippen LogP contribution in [0.3, 0.4) is 0 Å². The quantitative estimate of drug-likeness (QED) is 0.123. The molecule has 0 spiro atoms. The van der Waals surface area contributed by atoms with Gasteiger partial charge in [-0.3, -0.25) is 14.7 Å². The number of benzene rings is 2. The highest BCUT2D eigenvalue weighted by molar-refractivity contribution is 14.1. The maximum atomic E-state index is 13.6. The van der Waals surface area contributed by atoms with E-state index >= 15 is 0 Å². The summed E-state index contributed by atoms with van der Waals surface area (Å²) in [7, 11) is -5.95. The van der Waals surface area contributed by atoms with Crippen molar-refractivity contribution >= 4 is 61.9 Å². The lowest BCUT2D eigenvalue weighted by molar-refractivity contribution is -0.385. The van der Waals surface area contributed by atoms with E-state index in [9.17, 15) is 36.9 Å². The first-order chi connectivity index (χ1) is 14.6. The van der Waals surface area contributed by atoms with Gasteiger partial charge in [-0.1, -0.05) is 11.6 Å². The lowest BCUT2D eigenvalue weighted by atomic mass is 10.1. The summed E-state index contributed by atoms with van der Waals surface area (Å²) in [6.07, 6.45) is -2.71. The molecule has 0 saturated carbocycles. The first-order valence-corrected chi connectivity index (χ1v) is 11.1. The van der Waals surface area contributed by atoms with E-state index in [1.807, 2.05) is 22.6 Å². The number of hydrogen-bond acceptors (Lipinski definition) is 8. The molecule has 10 nitrogen and oxygen atoms in total. The van der Waals surface area contributed by atoms with Crippen LogP contribution in [0.5, 0.6) is 5.75 Å². The molecule has 0 saturated heterocycles. The van der Waals surface area contributed by atoms with Crippen LogP contribution in [0.15, 0.2) is 36.4 Å². The molecule has 0 heterocycles. The summed E-state index contributed by atoms with van der Waals surface area (Å²) in [4.78, 5) is 34.8. The van der Waals surface area contributed by atoms with Gasteiger partial charge in [-0.15, -0.1) is 0 Å². The van der Waals surface area contributed by atoms with E-state index in [1.54, 1.807) is 6.07 Å². The van der Waals surface area contributed by atoms with Crippen LogP contribution in [0.1, 0.15) is 27.6 Å². The average Bonchev–Trinajstić information content (AvgIpc) is 2.68. The molecule has 0 amide bonds. The number of nitrogens with zero attached hydrogens (tertiary/aromatic N) is 1. The van der Waals surface area contributed by atoms with E-state index in [2.05, 4.69) is 4.74 Å². The lowest BCUT2D eigenvalue weighted by Gasteiger charge is -2.20. The van der Waals surface area contributed by atoms with Crippen molar-refractivity contribution in [1.29, 1.82) is 0 Å². The summed E-state index contributed by atoms with van der Waals surface area (Å²) < 4.78 is 67.4. The first kappa shape index (κ1) is 25.8. The first-order valence-electron chi connectivity index (χ1n) is 8.16. The van der Waals surface area contributed by atoms with Crippen molar-refractivity contribution in [2.24, 2.45) is 0 Å². The molecule has 172 valence electrons. The van der Waals surface area contributed by atoms with Crippen molar-refractivity contribution < 1.29 is 45.7 Å². The molecule has 1 atom stereocenters. The highest BCUT2D eigenvalue weighted by Crippen LogP contribution is 2.31. The standard InChI is InChI=1S/C17H11ClF2INO9S/c1-8(17(19,20)32(27,28)29)30-16(24)12-7-10(3-5-14(12)22(25)26)31-15(23)11-6-9(21)2-4-13(11)18/h2-8H,1H3,(H,27,28,29). The maximum absolute atomic E-state index is 13.6. The zero-order valence-electron chi connectivity index (χ0n) is 15.6. The Bertz CT molecular complexity index is 1210. The third kappa shape index (κ3) is 5.67. The second-order valence-electron chi connectivity index (χ2n) is 6.03. The second-order valence-corrected chi connectivity index (χ2v) is 9.18. The van der Waals surface area contributed by atoms with Gasteiger partial charge in [-0.25, -0.2) is 9.59 Å². The molecule has 32 heavy (non-hydrogen) atoms. The number of nitro groups is 1. The molecular weight excluding hydrogens is 595 g/mol. The molecule has 0 aromatic heterocycles. The van der Waals surface area contributed by atoms with E-state index < -0.39 is 55.3 Å². The van der Waals surface area contributed by atoms with Gasteiger partial charge in [0.25, 0.3) is 5.69 Å². The predicted octanol–water partition coefficient (Wildman–Crippen LogP) is 4.10. The van der Waals surface area contributed by atoms with Crippen LogP contribution in [0, 0.1) is 13.7 Å². The normalized spacial score (nSPS) is 12.7. The number of alkyl halides is 2. The van der Waals surface area contributed by atoms with Crippen LogP contribution in [0.2, 0.25) is 5.02 Å². The van der Waals surface area contributed by atoms with Gasteiger partial charge < -0.3 is 9.47 Å². The van der Waals surface area contributed by atoms with Crippen molar-refractivity contribution in [3.8, 4) is 5.75 Å². The van der Waals surface area contributed by atoms with Crippen molar-refractivity contribution in [3.63, 3.8) is 0 Å². The van der Waals surface area contributed by atoms with Gasteiger partial charge in [0.05, 0.1) is 15.5 Å². The van der Waals surface area contributed by atoms with Crippen LogP contribution in [-0.2, 0) is 14.9 Å². The van der Waals surface area contributed by atoms with Crippen LogP contribution in [-0.4, -0.2) is 41.2 Å². The minimum atomic E-state index is -5.95. The number of esters is 2. The Balaban J connectivity index is 2.37. The van der Waals surface area contributed by atoms with Crippen molar-refractivity contribution in [1.82, 2.24) is 0 Å². The molecule has 2 aromatic carbocycles. The topological polar surface area (TPSA) is 150 Å². The fraction of sp³-hybridized carbons (Fsp3) is 0.176. The van der Waals surface area contributed by atoms with Gasteiger partial charge in [0.15, 0.2) is 6.10 Å². The Morgan fingerprint density at radius 3 is 2.38 bits per heavy atom. The zero-order valence-corrected chi connectivity index (χ0v) is 19.4. The van der Waals surface area contributed by atoms with Crippen LogP contribution < -0.4 is 4.74 Å². The van der Waals surface area contributed by atoms with Crippen LogP contribution in [0.4, 0.5) is 14.5 Å². The monoisotopic (exact) mass is 605 g/mol. The third-order valence-corrected chi connectivity index (χ3v) is 5.86. The summed E-state index contributed by atoms with van der Waals surface area (Å²) in [5, 5.41) is 6.35. The molecule has 0 aliphatic carbocycles. The summed E-state index contributed by atoms with van der Waals surface area (Å²) >= 11 is 7.84. The Morgan fingerprint density at radius 2 is 1.81 bits per heavy atom. The third-order valence-electron chi connectivity index (χ3n) is 3.84. The smallest absolute Gasteiger partial charge is 0.405 e. The Hall–Kier alpha value is -2.43. The number of carbonyl (C=O) groups excluding carboxylic acids is 2. The van der Waals surface area contributed by atoms with E-state index in [1.165, 1.54) is 12.1 Å². The molecule has 2 aromatic rings. The molecule has 0 aliphatic rings. The highest BCUT2D eigenvalue weighted by Gasteiger charge is 2.52. The number of rotatable bonds is 7. The van der Waals surface area contributed by atoms with Gasteiger partial charge in [-0.05, 0) is 53.8 Å². The molecule has 1 N–H and O–H groups in total. The molecule has 15 heteroatoms. The summed E-state index contributed by atoms with van der Waals surface area (Å²) in [6, 6.07) is 6.83. The average molecular weight is 606 g/mol. The number of hydrogen-bond donors (Lipinski definition) is 1. The molecule has 0 fully saturated rings. The molecule has 2 rings (SSSR count). The minimum absolute atomic E-state index is 0.0400. The minimum Gasteiger partial charge on any atom is -0.451 e. The summed E-state index contributed by atoms with van der Waals surface area (Å²) in [5.74, 6) is -3.10. The lowest BCUT2D eigenvalue weighted by Crippen LogP contribution is -2.42. The zero-order chi connectivity index (χ0) is 24.4. The van der Waals surface area contributed by atoms with Gasteiger partial charge >= 0.3 is 27.3 Å². The largest absolute Gasteiger partial charge is 0.451 e. The predicted molar refractivity (Wildman–Crippen MR) is 114 cm³/mol.